The number of hydrogen-bond acceptors (Lipinski definition) is 3. The minimum absolute atomic E-state index is 0.00361. The molecule has 3 rings (SSSR count). The fraction of sp³-hybridized carbons (Fsp3) is 0.375. The number of pyridine rings is 1. The van der Waals surface area contributed by atoms with Crippen LogP contribution in [0.2, 0.25) is 0 Å². The van der Waals surface area contributed by atoms with Crippen LogP contribution in [-0.4, -0.2) is 21.9 Å². The first-order valence-electron chi connectivity index (χ1n) is 7.32. The number of fused-ring (bicyclic) bond motifs is 1. The van der Waals surface area contributed by atoms with E-state index in [1.807, 2.05) is 4.90 Å². The molecule has 22 heavy (non-hydrogen) atoms. The Hall–Kier alpha value is -1.40. The highest BCUT2D eigenvalue weighted by molar-refractivity contribution is 9.10. The molecule has 2 aromatic heterocycles. The van der Waals surface area contributed by atoms with Crippen molar-refractivity contribution < 1.29 is 4.79 Å². The molecule has 3 heterocycles. The molecule has 1 aliphatic rings. The van der Waals surface area contributed by atoms with Gasteiger partial charge in [0.15, 0.2) is 0 Å². The molecule has 0 bridgehead atoms. The molecule has 0 aromatic carbocycles. The van der Waals surface area contributed by atoms with Gasteiger partial charge in [-0.05, 0) is 51.8 Å². The fourth-order valence-corrected chi connectivity index (χ4v) is 4.30. The molecule has 6 heteroatoms. The van der Waals surface area contributed by atoms with Gasteiger partial charge in [-0.2, -0.15) is 0 Å². The predicted molar refractivity (Wildman–Crippen MR) is 91.2 cm³/mol. The molecule has 116 valence electrons. The van der Waals surface area contributed by atoms with Gasteiger partial charge < -0.3 is 9.47 Å². The second-order valence-corrected chi connectivity index (χ2v) is 7.29. The highest BCUT2D eigenvalue weighted by Gasteiger charge is 2.30. The minimum Gasteiger partial charge on any atom is -0.334 e. The van der Waals surface area contributed by atoms with Crippen molar-refractivity contribution in [2.24, 2.45) is 0 Å². The molecule has 0 N–H and O–H groups in total. The van der Waals surface area contributed by atoms with Gasteiger partial charge in [-0.25, -0.2) is 0 Å². The van der Waals surface area contributed by atoms with Gasteiger partial charge in [-0.1, -0.05) is 6.92 Å². The zero-order valence-electron chi connectivity index (χ0n) is 12.3. The monoisotopic (exact) mass is 380 g/mol. The molecule has 0 spiro atoms. The van der Waals surface area contributed by atoms with Gasteiger partial charge in [-0.15, -0.1) is 11.3 Å². The Bertz CT molecular complexity index is 753. The lowest BCUT2D eigenvalue weighted by molar-refractivity contribution is -0.134. The number of aromatic nitrogens is 1. The maximum atomic E-state index is 12.7. The summed E-state index contributed by atoms with van der Waals surface area (Å²) in [6.07, 6.45) is 3.46. The molecule has 0 radical (unpaired) electrons. The topological polar surface area (TPSA) is 42.3 Å². The van der Waals surface area contributed by atoms with Crippen molar-refractivity contribution in [1.82, 2.24) is 9.47 Å². The number of thiophene rings is 1. The molecular weight excluding hydrogens is 364 g/mol. The zero-order valence-corrected chi connectivity index (χ0v) is 14.7. The Labute approximate surface area is 141 Å². The van der Waals surface area contributed by atoms with Crippen molar-refractivity contribution in [3.05, 3.63) is 55.0 Å². The molecule has 0 saturated carbocycles. The number of carbonyl (C=O) groups is 1. The Morgan fingerprint density at radius 1 is 1.41 bits per heavy atom. The molecule has 4 nitrogen and oxygen atoms in total. The Morgan fingerprint density at radius 3 is 3.00 bits per heavy atom. The lowest BCUT2D eigenvalue weighted by atomic mass is 9.98. The van der Waals surface area contributed by atoms with Crippen molar-refractivity contribution in [2.45, 2.75) is 32.4 Å². The van der Waals surface area contributed by atoms with Crippen molar-refractivity contribution in [1.29, 1.82) is 0 Å². The molecule has 1 aliphatic heterocycles. The number of hydrogen-bond donors (Lipinski definition) is 0. The summed E-state index contributed by atoms with van der Waals surface area (Å²) in [5.41, 5.74) is 1.12. The van der Waals surface area contributed by atoms with Crippen LogP contribution in [0.25, 0.3) is 0 Å². The predicted octanol–water partition coefficient (Wildman–Crippen LogP) is 3.21. The third-order valence-corrected chi connectivity index (χ3v) is 5.52. The van der Waals surface area contributed by atoms with Gasteiger partial charge in [-0.3, -0.25) is 9.59 Å². The van der Waals surface area contributed by atoms with E-state index in [1.54, 1.807) is 23.6 Å². The molecule has 1 atom stereocenters. The molecule has 1 amide bonds. The van der Waals surface area contributed by atoms with Crippen LogP contribution in [-0.2, 0) is 17.8 Å². The molecule has 2 aromatic rings. The summed E-state index contributed by atoms with van der Waals surface area (Å²) >= 11 is 5.11. The van der Waals surface area contributed by atoms with E-state index in [0.29, 0.717) is 0 Å². The van der Waals surface area contributed by atoms with Gasteiger partial charge >= 0.3 is 0 Å². The van der Waals surface area contributed by atoms with E-state index in [9.17, 15) is 9.59 Å². The summed E-state index contributed by atoms with van der Waals surface area (Å²) in [4.78, 5) is 27.9. The van der Waals surface area contributed by atoms with E-state index in [-0.39, 0.29) is 24.1 Å². The van der Waals surface area contributed by atoms with Crippen LogP contribution in [0.1, 0.15) is 29.8 Å². The number of carbonyl (C=O) groups excluding carboxylic acids is 1. The summed E-state index contributed by atoms with van der Waals surface area (Å²) in [5, 5.41) is 2.10. The Kier molecular flexibility index (Phi) is 4.49. The van der Waals surface area contributed by atoms with E-state index in [2.05, 4.69) is 34.3 Å². The highest BCUT2D eigenvalue weighted by atomic mass is 79.9. The van der Waals surface area contributed by atoms with Crippen LogP contribution in [0.15, 0.2) is 39.0 Å². The van der Waals surface area contributed by atoms with Crippen molar-refractivity contribution >= 4 is 33.2 Å². The van der Waals surface area contributed by atoms with E-state index in [1.165, 1.54) is 21.1 Å². The first-order chi connectivity index (χ1) is 10.6. The van der Waals surface area contributed by atoms with Crippen LogP contribution >= 0.6 is 27.3 Å². The number of amides is 1. The molecular formula is C16H17BrN2O2S. The van der Waals surface area contributed by atoms with E-state index >= 15 is 0 Å². The average Bonchev–Trinajstić information content (AvgIpc) is 2.98. The van der Waals surface area contributed by atoms with E-state index in [4.69, 9.17) is 0 Å². The maximum absolute atomic E-state index is 12.7. The van der Waals surface area contributed by atoms with E-state index < -0.39 is 0 Å². The average molecular weight is 381 g/mol. The van der Waals surface area contributed by atoms with Gasteiger partial charge in [0.1, 0.15) is 6.54 Å². The summed E-state index contributed by atoms with van der Waals surface area (Å²) in [6.45, 7) is 2.92. The third-order valence-electron chi connectivity index (χ3n) is 4.05. The summed E-state index contributed by atoms with van der Waals surface area (Å²) in [6, 6.07) is 5.42. The standard InChI is InChI=1S/C16H17BrN2O2S/c1-2-13-12-6-8-22-14(12)5-7-19(13)16(21)10-18-9-11(17)3-4-15(18)20/h3-4,6,8-9,13H,2,5,7,10H2,1H3. The highest BCUT2D eigenvalue weighted by Crippen LogP contribution is 2.35. The second-order valence-electron chi connectivity index (χ2n) is 5.37. The molecule has 0 aliphatic carbocycles. The van der Waals surface area contributed by atoms with Crippen molar-refractivity contribution in [3.8, 4) is 0 Å². The van der Waals surface area contributed by atoms with Gasteiger partial charge in [0, 0.05) is 28.2 Å². The largest absolute Gasteiger partial charge is 0.334 e. The normalized spacial score (nSPS) is 17.4. The minimum atomic E-state index is -0.155. The quantitative estimate of drug-likeness (QED) is 0.820. The fourth-order valence-electron chi connectivity index (χ4n) is 3.00. The SMILES string of the molecule is CCC1c2ccsc2CCN1C(=O)Cn1cc(Br)ccc1=O. The van der Waals surface area contributed by atoms with Gasteiger partial charge in [0.25, 0.3) is 5.56 Å². The Morgan fingerprint density at radius 2 is 2.23 bits per heavy atom. The maximum Gasteiger partial charge on any atom is 0.251 e. The first kappa shape index (κ1) is 15.5. The summed E-state index contributed by atoms with van der Waals surface area (Å²) in [5.74, 6) is 0.00361. The third kappa shape index (κ3) is 2.90. The summed E-state index contributed by atoms with van der Waals surface area (Å²) < 4.78 is 2.26. The lowest BCUT2D eigenvalue weighted by Crippen LogP contribution is -2.42. The number of halogens is 1. The lowest BCUT2D eigenvalue weighted by Gasteiger charge is -2.35. The summed E-state index contributed by atoms with van der Waals surface area (Å²) in [7, 11) is 0. The van der Waals surface area contributed by atoms with Crippen LogP contribution < -0.4 is 5.56 Å². The second kappa shape index (κ2) is 6.38. The van der Waals surface area contributed by atoms with Crippen molar-refractivity contribution in [2.75, 3.05) is 6.54 Å². The van der Waals surface area contributed by atoms with Crippen LogP contribution in [0, 0.1) is 0 Å². The first-order valence-corrected chi connectivity index (χ1v) is 8.99. The zero-order chi connectivity index (χ0) is 15.7. The molecule has 0 saturated heterocycles. The number of rotatable bonds is 3. The van der Waals surface area contributed by atoms with E-state index in [0.717, 1.165) is 23.9 Å². The molecule has 1 unspecified atom stereocenters. The van der Waals surface area contributed by atoms with Crippen LogP contribution in [0.5, 0.6) is 0 Å². The van der Waals surface area contributed by atoms with Gasteiger partial charge in [0.2, 0.25) is 5.91 Å². The number of nitrogens with zero attached hydrogens (tertiary/aromatic N) is 2. The van der Waals surface area contributed by atoms with Crippen LogP contribution in [0.4, 0.5) is 0 Å². The van der Waals surface area contributed by atoms with Gasteiger partial charge in [0.05, 0.1) is 6.04 Å². The molecule has 0 fully saturated rings. The Balaban J connectivity index is 1.83. The van der Waals surface area contributed by atoms with Crippen molar-refractivity contribution in [3.63, 3.8) is 0 Å². The smallest absolute Gasteiger partial charge is 0.251 e. The van der Waals surface area contributed by atoms with Crippen LogP contribution in [0.3, 0.4) is 0 Å².